The van der Waals surface area contributed by atoms with Gasteiger partial charge in [0.15, 0.2) is 6.61 Å². The van der Waals surface area contributed by atoms with Crippen LogP contribution in [0, 0.1) is 6.92 Å². The number of rotatable bonds is 9. The number of carbonyl (C=O) groups is 1. The fraction of sp³-hybridized carbons (Fsp3) is 0.286. The summed E-state index contributed by atoms with van der Waals surface area (Å²) in [6, 6.07) is 14.2. The van der Waals surface area contributed by atoms with Gasteiger partial charge in [0.25, 0.3) is 5.91 Å². The quantitative estimate of drug-likeness (QED) is 0.488. The molecule has 0 bridgehead atoms. The Morgan fingerprint density at radius 3 is 2.62 bits per heavy atom. The van der Waals surface area contributed by atoms with Crippen LogP contribution in [0.3, 0.4) is 0 Å². The highest BCUT2D eigenvalue weighted by Gasteiger charge is 2.12. The molecule has 0 fully saturated rings. The van der Waals surface area contributed by atoms with Crippen LogP contribution in [0.5, 0.6) is 11.5 Å². The average Bonchev–Trinajstić information content (AvgIpc) is 3.14. The summed E-state index contributed by atoms with van der Waals surface area (Å²) in [5, 5.41) is 4.40. The van der Waals surface area contributed by atoms with E-state index in [0.717, 1.165) is 5.75 Å². The highest BCUT2D eigenvalue weighted by molar-refractivity contribution is 6.30. The Kier molecular flexibility index (Phi) is 7.08. The number of halogens is 1. The van der Waals surface area contributed by atoms with Crippen molar-refractivity contribution in [3.63, 3.8) is 0 Å². The van der Waals surface area contributed by atoms with E-state index in [0.29, 0.717) is 47.6 Å². The fourth-order valence-corrected chi connectivity index (χ4v) is 2.79. The van der Waals surface area contributed by atoms with Gasteiger partial charge in [-0.1, -0.05) is 22.8 Å². The Hall–Kier alpha value is -3.06. The predicted octanol–water partition coefficient (Wildman–Crippen LogP) is 4.15. The molecule has 8 heteroatoms. The molecule has 1 heterocycles. The third kappa shape index (κ3) is 6.22. The van der Waals surface area contributed by atoms with E-state index < -0.39 is 0 Å². The van der Waals surface area contributed by atoms with Crippen LogP contribution in [-0.4, -0.2) is 41.1 Å². The minimum atomic E-state index is -0.0619. The molecule has 7 nitrogen and oxygen atoms in total. The molecule has 0 aliphatic carbocycles. The lowest BCUT2D eigenvalue weighted by molar-refractivity contribution is 0.0788. The van der Waals surface area contributed by atoms with Crippen LogP contribution in [0.1, 0.15) is 28.5 Å². The summed E-state index contributed by atoms with van der Waals surface area (Å²) < 4.78 is 16.1. The molecular weight excluding hydrogens is 394 g/mol. The number of aryl methyl sites for hydroxylation is 1. The molecule has 0 spiro atoms. The van der Waals surface area contributed by atoms with Gasteiger partial charge in [0.2, 0.25) is 11.7 Å². The number of amides is 1. The lowest BCUT2D eigenvalue weighted by Gasteiger charge is -2.17. The second kappa shape index (κ2) is 9.93. The normalized spacial score (nSPS) is 10.6. The zero-order valence-corrected chi connectivity index (χ0v) is 17.1. The molecule has 0 aliphatic rings. The van der Waals surface area contributed by atoms with Crippen molar-refractivity contribution in [2.75, 3.05) is 20.2 Å². The third-order valence-corrected chi connectivity index (χ3v) is 4.32. The first-order valence-corrected chi connectivity index (χ1v) is 9.55. The van der Waals surface area contributed by atoms with Gasteiger partial charge in [0.05, 0.1) is 6.61 Å². The van der Waals surface area contributed by atoms with E-state index in [1.54, 1.807) is 55.3 Å². The van der Waals surface area contributed by atoms with Gasteiger partial charge in [0, 0.05) is 31.1 Å². The summed E-state index contributed by atoms with van der Waals surface area (Å²) in [5.74, 6) is 2.25. The molecule has 0 radical (unpaired) electrons. The van der Waals surface area contributed by atoms with E-state index in [9.17, 15) is 4.79 Å². The second-order valence-corrected chi connectivity index (χ2v) is 6.87. The number of ether oxygens (including phenoxy) is 2. The smallest absolute Gasteiger partial charge is 0.253 e. The highest BCUT2D eigenvalue weighted by atomic mass is 35.5. The zero-order valence-electron chi connectivity index (χ0n) is 16.3. The van der Waals surface area contributed by atoms with Crippen molar-refractivity contribution in [2.24, 2.45) is 0 Å². The Balaban J connectivity index is 1.42. The maximum atomic E-state index is 12.5. The van der Waals surface area contributed by atoms with Crippen molar-refractivity contribution < 1.29 is 18.8 Å². The molecule has 0 aliphatic heterocycles. The third-order valence-electron chi connectivity index (χ3n) is 4.09. The van der Waals surface area contributed by atoms with Crippen LogP contribution >= 0.6 is 11.6 Å². The first-order chi connectivity index (χ1) is 14.0. The number of carbonyl (C=O) groups excluding carboxylic acids is 1. The highest BCUT2D eigenvalue weighted by Crippen LogP contribution is 2.17. The first kappa shape index (κ1) is 20.7. The van der Waals surface area contributed by atoms with Gasteiger partial charge < -0.3 is 18.9 Å². The molecule has 2 aromatic carbocycles. The van der Waals surface area contributed by atoms with Crippen LogP contribution in [0.15, 0.2) is 53.1 Å². The molecule has 1 aromatic heterocycles. The number of benzene rings is 2. The molecule has 3 rings (SSSR count). The lowest BCUT2D eigenvalue weighted by atomic mass is 10.2. The van der Waals surface area contributed by atoms with Crippen LogP contribution in [0.25, 0.3) is 0 Å². The van der Waals surface area contributed by atoms with E-state index in [1.165, 1.54) is 0 Å². The predicted molar refractivity (Wildman–Crippen MR) is 108 cm³/mol. The van der Waals surface area contributed by atoms with Crippen LogP contribution in [0.4, 0.5) is 0 Å². The van der Waals surface area contributed by atoms with Gasteiger partial charge in [-0.05, 0) is 48.9 Å². The van der Waals surface area contributed by atoms with Crippen LogP contribution in [-0.2, 0) is 6.61 Å². The van der Waals surface area contributed by atoms with Gasteiger partial charge in [-0.3, -0.25) is 4.79 Å². The molecule has 0 unspecified atom stereocenters. The summed E-state index contributed by atoms with van der Waals surface area (Å²) >= 11 is 5.93. The molecule has 0 saturated carbocycles. The monoisotopic (exact) mass is 415 g/mol. The molecule has 0 atom stereocenters. The summed E-state index contributed by atoms with van der Waals surface area (Å²) in [4.78, 5) is 18.3. The minimum absolute atomic E-state index is 0.0619. The minimum Gasteiger partial charge on any atom is -0.493 e. The standard InChI is InChI=1S/C21H22ClN3O4/c1-15-23-20(24-29-15)14-28-18-9-7-16(8-10-18)21(26)25(2)11-4-12-27-19-6-3-5-17(22)13-19/h3,5-10,13H,4,11-12,14H2,1-2H3. The van der Waals surface area contributed by atoms with E-state index in [-0.39, 0.29) is 12.5 Å². The molecule has 1 amide bonds. The van der Waals surface area contributed by atoms with E-state index in [1.807, 2.05) is 12.1 Å². The number of nitrogens with zero attached hydrogens (tertiary/aromatic N) is 3. The fourth-order valence-electron chi connectivity index (χ4n) is 2.61. The summed E-state index contributed by atoms with van der Waals surface area (Å²) in [6.07, 6.45) is 0.708. The molecule has 3 aromatic rings. The zero-order chi connectivity index (χ0) is 20.6. The molecule has 152 valence electrons. The maximum absolute atomic E-state index is 12.5. The van der Waals surface area contributed by atoms with Crippen molar-refractivity contribution in [2.45, 2.75) is 20.0 Å². The Bertz CT molecular complexity index is 943. The van der Waals surface area contributed by atoms with E-state index in [2.05, 4.69) is 10.1 Å². The van der Waals surface area contributed by atoms with Crippen LogP contribution in [0.2, 0.25) is 5.02 Å². The van der Waals surface area contributed by atoms with Gasteiger partial charge >= 0.3 is 0 Å². The van der Waals surface area contributed by atoms with E-state index >= 15 is 0 Å². The Morgan fingerprint density at radius 1 is 1.14 bits per heavy atom. The maximum Gasteiger partial charge on any atom is 0.253 e. The summed E-state index contributed by atoms with van der Waals surface area (Å²) in [7, 11) is 1.77. The van der Waals surface area contributed by atoms with Crippen molar-refractivity contribution in [3.05, 3.63) is 70.8 Å². The van der Waals surface area contributed by atoms with Gasteiger partial charge in [0.1, 0.15) is 11.5 Å². The van der Waals surface area contributed by atoms with Crippen molar-refractivity contribution in [1.82, 2.24) is 15.0 Å². The number of hydrogen-bond donors (Lipinski definition) is 0. The molecule has 0 N–H and O–H groups in total. The molecule has 29 heavy (non-hydrogen) atoms. The average molecular weight is 416 g/mol. The SMILES string of the molecule is Cc1nc(COc2ccc(C(=O)N(C)CCCOc3cccc(Cl)c3)cc2)no1. The Labute approximate surface area is 174 Å². The molecule has 0 saturated heterocycles. The van der Waals surface area contributed by atoms with Gasteiger partial charge in [-0.25, -0.2) is 0 Å². The Morgan fingerprint density at radius 2 is 1.93 bits per heavy atom. The van der Waals surface area contributed by atoms with Gasteiger partial charge in [-0.2, -0.15) is 4.98 Å². The summed E-state index contributed by atoms with van der Waals surface area (Å²) in [6.45, 7) is 3.00. The molecular formula is C21H22ClN3O4. The van der Waals surface area contributed by atoms with Crippen molar-refractivity contribution in [3.8, 4) is 11.5 Å². The van der Waals surface area contributed by atoms with Crippen molar-refractivity contribution >= 4 is 17.5 Å². The van der Waals surface area contributed by atoms with Crippen molar-refractivity contribution in [1.29, 1.82) is 0 Å². The van der Waals surface area contributed by atoms with Gasteiger partial charge in [-0.15, -0.1) is 0 Å². The van der Waals surface area contributed by atoms with Crippen LogP contribution < -0.4 is 9.47 Å². The number of aromatic nitrogens is 2. The topological polar surface area (TPSA) is 77.7 Å². The largest absolute Gasteiger partial charge is 0.493 e. The number of hydrogen-bond acceptors (Lipinski definition) is 6. The first-order valence-electron chi connectivity index (χ1n) is 9.17. The van der Waals surface area contributed by atoms with E-state index in [4.69, 9.17) is 25.6 Å². The lowest BCUT2D eigenvalue weighted by Crippen LogP contribution is -2.28. The summed E-state index contributed by atoms with van der Waals surface area (Å²) in [5.41, 5.74) is 0.589. The second-order valence-electron chi connectivity index (χ2n) is 6.43.